The summed E-state index contributed by atoms with van der Waals surface area (Å²) in [7, 11) is 0. The zero-order valence-electron chi connectivity index (χ0n) is 13.0. The Bertz CT molecular complexity index is 751. The zero-order chi connectivity index (χ0) is 17.1. The lowest BCUT2D eigenvalue weighted by Crippen LogP contribution is -2.28. The molecule has 0 fully saturated rings. The van der Waals surface area contributed by atoms with Gasteiger partial charge < -0.3 is 15.4 Å². The average Bonchev–Trinajstić information content (AvgIpc) is 3.00. The van der Waals surface area contributed by atoms with Gasteiger partial charge in [-0.05, 0) is 25.7 Å². The van der Waals surface area contributed by atoms with Crippen LogP contribution in [0.5, 0.6) is 0 Å². The van der Waals surface area contributed by atoms with Crippen LogP contribution in [0, 0.1) is 24.0 Å². The van der Waals surface area contributed by atoms with Gasteiger partial charge >= 0.3 is 5.82 Å². The fourth-order valence-electron chi connectivity index (χ4n) is 2.14. The second kappa shape index (κ2) is 6.78. The van der Waals surface area contributed by atoms with E-state index < -0.39 is 10.7 Å². The molecule has 23 heavy (non-hydrogen) atoms. The van der Waals surface area contributed by atoms with Crippen LogP contribution in [0.25, 0.3) is 0 Å². The summed E-state index contributed by atoms with van der Waals surface area (Å²) < 4.78 is 3.06. The molecule has 0 aromatic carbocycles. The van der Waals surface area contributed by atoms with Gasteiger partial charge in [0.15, 0.2) is 5.02 Å². The third-order valence-corrected chi connectivity index (χ3v) is 4.01. The maximum atomic E-state index is 12.0. The van der Waals surface area contributed by atoms with E-state index in [0.717, 1.165) is 17.8 Å². The summed E-state index contributed by atoms with van der Waals surface area (Å²) in [4.78, 5) is 22.1. The summed E-state index contributed by atoms with van der Waals surface area (Å²) in [6, 6.07) is 0. The van der Waals surface area contributed by atoms with E-state index in [2.05, 4.69) is 15.5 Å². The van der Waals surface area contributed by atoms with E-state index in [1.54, 1.807) is 13.1 Å². The molecule has 10 heteroatoms. The number of hydrogen-bond acceptors (Lipinski definition) is 5. The molecule has 0 aliphatic rings. The molecule has 124 valence electrons. The lowest BCUT2D eigenvalue weighted by atomic mass is 10.2. The molecule has 2 heterocycles. The number of carbonyl (C=O) groups excluding carboxylic acids is 1. The number of halogens is 1. The molecule has 0 spiro atoms. The largest absolute Gasteiger partial charge is 0.408 e. The highest BCUT2D eigenvalue weighted by Crippen LogP contribution is 2.26. The predicted molar refractivity (Wildman–Crippen MR) is 83.1 cm³/mol. The number of rotatable bonds is 6. The van der Waals surface area contributed by atoms with Gasteiger partial charge in [0.25, 0.3) is 0 Å². The zero-order valence-corrected chi connectivity index (χ0v) is 13.8. The first-order valence-electron chi connectivity index (χ1n) is 7.00. The molecule has 0 radical (unpaired) electrons. The summed E-state index contributed by atoms with van der Waals surface area (Å²) in [6.07, 6.45) is 1.71. The van der Waals surface area contributed by atoms with Crippen LogP contribution in [0.3, 0.4) is 0 Å². The van der Waals surface area contributed by atoms with Crippen LogP contribution in [0.2, 0.25) is 5.02 Å². The van der Waals surface area contributed by atoms with Crippen molar-refractivity contribution in [1.29, 1.82) is 0 Å². The molecule has 2 aromatic heterocycles. The number of amides is 1. The number of aryl methyl sites for hydroxylation is 1. The molecule has 2 rings (SSSR count). The molecule has 9 nitrogen and oxygen atoms in total. The van der Waals surface area contributed by atoms with Crippen LogP contribution in [-0.4, -0.2) is 30.4 Å². The van der Waals surface area contributed by atoms with E-state index in [1.807, 2.05) is 18.5 Å². The van der Waals surface area contributed by atoms with E-state index in [-0.39, 0.29) is 17.5 Å². The summed E-state index contributed by atoms with van der Waals surface area (Å²) in [5, 5.41) is 21.4. The predicted octanol–water partition coefficient (Wildman–Crippen LogP) is 1.59. The highest BCUT2D eigenvalue weighted by molar-refractivity contribution is 6.33. The summed E-state index contributed by atoms with van der Waals surface area (Å²) in [5.41, 5.74) is 2.28. The van der Waals surface area contributed by atoms with Crippen molar-refractivity contribution in [3.05, 3.63) is 38.3 Å². The monoisotopic (exact) mass is 340 g/mol. The Kier molecular flexibility index (Phi) is 4.99. The van der Waals surface area contributed by atoms with Crippen LogP contribution >= 0.6 is 11.6 Å². The van der Waals surface area contributed by atoms with Crippen LogP contribution in [0.4, 0.5) is 5.82 Å². The molecule has 1 amide bonds. The lowest BCUT2D eigenvalue weighted by molar-refractivity contribution is -0.389. The van der Waals surface area contributed by atoms with Crippen molar-refractivity contribution in [3.63, 3.8) is 0 Å². The normalized spacial score (nSPS) is 10.8. The smallest absolute Gasteiger partial charge is 0.358 e. The first-order chi connectivity index (χ1) is 10.8. The summed E-state index contributed by atoms with van der Waals surface area (Å²) >= 11 is 5.84. The van der Waals surface area contributed by atoms with Crippen molar-refractivity contribution < 1.29 is 9.72 Å². The number of carbonyl (C=O) groups is 1. The minimum atomic E-state index is -0.674. The minimum Gasteiger partial charge on any atom is -0.358 e. The fourth-order valence-corrected chi connectivity index (χ4v) is 2.35. The first kappa shape index (κ1) is 16.9. The number of nitrogens with one attached hydrogen (secondary N) is 1. The quantitative estimate of drug-likeness (QED) is 0.634. The van der Waals surface area contributed by atoms with Gasteiger partial charge in [0.2, 0.25) is 5.91 Å². The number of nitrogens with zero attached hydrogens (tertiary/aromatic N) is 5. The van der Waals surface area contributed by atoms with E-state index in [4.69, 9.17) is 11.6 Å². The topological polar surface area (TPSA) is 108 Å². The second-order valence-corrected chi connectivity index (χ2v) is 5.36. The van der Waals surface area contributed by atoms with Gasteiger partial charge in [-0.15, -0.1) is 0 Å². The molecule has 0 aliphatic carbocycles. The van der Waals surface area contributed by atoms with E-state index in [0.29, 0.717) is 12.2 Å². The van der Waals surface area contributed by atoms with Crippen molar-refractivity contribution in [3.8, 4) is 0 Å². The van der Waals surface area contributed by atoms with Gasteiger partial charge in [-0.2, -0.15) is 9.78 Å². The number of nitro groups is 1. The number of hydrogen-bond donors (Lipinski definition) is 1. The van der Waals surface area contributed by atoms with Crippen LogP contribution < -0.4 is 5.32 Å². The Hall–Kier alpha value is -2.42. The highest BCUT2D eigenvalue weighted by atomic mass is 35.5. The third kappa shape index (κ3) is 3.50. The van der Waals surface area contributed by atoms with E-state index in [9.17, 15) is 14.9 Å². The molecular formula is C13H17ClN6O3. The molecular weight excluding hydrogens is 324 g/mol. The minimum absolute atomic E-state index is 0.0529. The van der Waals surface area contributed by atoms with Crippen molar-refractivity contribution in [2.75, 3.05) is 0 Å². The molecule has 1 N–H and O–H groups in total. The standard InChI is InChI=1S/C13H17ClN6O3/c1-4-18-8(2)10(6-16-18)5-15-11(21)7-19-9(3)12(14)13(17-19)20(22)23/h6H,4-5,7H2,1-3H3,(H,15,21). The third-order valence-electron chi connectivity index (χ3n) is 3.56. The number of aromatic nitrogens is 4. The molecule has 0 unspecified atom stereocenters. The Balaban J connectivity index is 2.01. The van der Waals surface area contributed by atoms with Gasteiger partial charge in [-0.1, -0.05) is 11.6 Å². The molecule has 0 saturated carbocycles. The SMILES string of the molecule is CCn1ncc(CNC(=O)Cn2nc([N+](=O)[O-])c(Cl)c2C)c1C. The summed E-state index contributed by atoms with van der Waals surface area (Å²) in [6.45, 7) is 6.44. The second-order valence-electron chi connectivity index (χ2n) is 4.99. The maximum Gasteiger partial charge on any atom is 0.408 e. The van der Waals surface area contributed by atoms with Crippen molar-refractivity contribution in [2.24, 2.45) is 0 Å². The van der Waals surface area contributed by atoms with Crippen LogP contribution in [0.15, 0.2) is 6.20 Å². The van der Waals surface area contributed by atoms with Crippen LogP contribution in [0.1, 0.15) is 23.9 Å². The van der Waals surface area contributed by atoms with Gasteiger partial charge in [-0.25, -0.2) is 0 Å². The van der Waals surface area contributed by atoms with Gasteiger partial charge in [0, 0.05) is 24.3 Å². The molecule has 0 atom stereocenters. The van der Waals surface area contributed by atoms with Gasteiger partial charge in [0.1, 0.15) is 6.54 Å². The Labute approximate surface area is 137 Å². The van der Waals surface area contributed by atoms with Crippen LogP contribution in [-0.2, 0) is 24.4 Å². The van der Waals surface area contributed by atoms with Crippen molar-refractivity contribution in [2.45, 2.75) is 40.4 Å². The van der Waals surface area contributed by atoms with Gasteiger partial charge in [0.05, 0.1) is 17.0 Å². The average molecular weight is 341 g/mol. The van der Waals surface area contributed by atoms with E-state index >= 15 is 0 Å². The van der Waals surface area contributed by atoms with Crippen molar-refractivity contribution >= 4 is 23.3 Å². The highest BCUT2D eigenvalue weighted by Gasteiger charge is 2.24. The van der Waals surface area contributed by atoms with E-state index in [1.165, 1.54) is 4.68 Å². The lowest BCUT2D eigenvalue weighted by Gasteiger charge is -2.05. The summed E-state index contributed by atoms with van der Waals surface area (Å²) in [5.74, 6) is -0.761. The molecule has 0 bridgehead atoms. The molecule has 0 aliphatic heterocycles. The van der Waals surface area contributed by atoms with Gasteiger partial charge in [-0.3, -0.25) is 9.48 Å². The molecule has 0 saturated heterocycles. The Morgan fingerprint density at radius 2 is 2.09 bits per heavy atom. The first-order valence-corrected chi connectivity index (χ1v) is 7.38. The molecule has 2 aromatic rings. The maximum absolute atomic E-state index is 12.0. The van der Waals surface area contributed by atoms with Crippen molar-refractivity contribution in [1.82, 2.24) is 24.9 Å². The fraction of sp³-hybridized carbons (Fsp3) is 0.462. The Morgan fingerprint density at radius 1 is 1.39 bits per heavy atom. The Morgan fingerprint density at radius 3 is 2.61 bits per heavy atom.